The Kier molecular flexibility index (Phi) is 8.76. The Hall–Kier alpha value is -2.71. The van der Waals surface area contributed by atoms with Gasteiger partial charge in [0.15, 0.2) is 0 Å². The number of aryl methyl sites for hydroxylation is 1. The Morgan fingerprint density at radius 3 is 2.23 bits per heavy atom. The summed E-state index contributed by atoms with van der Waals surface area (Å²) in [6.45, 7) is 5.82. The van der Waals surface area contributed by atoms with Crippen molar-refractivity contribution in [2.45, 2.75) is 44.7 Å². The van der Waals surface area contributed by atoms with Gasteiger partial charge in [-0.1, -0.05) is 55.0 Å². The zero-order valence-corrected chi connectivity index (χ0v) is 19.4. The molecule has 2 aromatic carbocycles. The van der Waals surface area contributed by atoms with E-state index >= 15 is 0 Å². The number of amides is 2. The Balaban J connectivity index is 2.22. The third-order valence-corrected chi connectivity index (χ3v) is 6.82. The first-order chi connectivity index (χ1) is 14.7. The van der Waals surface area contributed by atoms with Gasteiger partial charge in [0, 0.05) is 20.1 Å². The first-order valence-corrected chi connectivity index (χ1v) is 11.7. The van der Waals surface area contributed by atoms with E-state index in [4.69, 9.17) is 0 Å². The van der Waals surface area contributed by atoms with Crippen LogP contribution in [0.5, 0.6) is 0 Å². The van der Waals surface area contributed by atoms with Gasteiger partial charge in [-0.05, 0) is 38.0 Å². The fourth-order valence-electron chi connectivity index (χ4n) is 3.02. The minimum Gasteiger partial charge on any atom is -0.354 e. The molecule has 0 aliphatic heterocycles. The highest BCUT2D eigenvalue weighted by atomic mass is 32.2. The first-order valence-electron chi connectivity index (χ1n) is 10.3. The van der Waals surface area contributed by atoms with Crippen LogP contribution in [-0.4, -0.2) is 55.6 Å². The van der Waals surface area contributed by atoms with Gasteiger partial charge in [0.1, 0.15) is 6.04 Å². The second-order valence-electron chi connectivity index (χ2n) is 7.55. The maximum absolute atomic E-state index is 13.1. The molecule has 0 aliphatic carbocycles. The maximum Gasteiger partial charge on any atom is 0.243 e. The molecule has 0 saturated carbocycles. The molecule has 2 amide bonds. The van der Waals surface area contributed by atoms with Crippen LogP contribution >= 0.6 is 0 Å². The number of benzene rings is 2. The molecule has 8 heteroatoms. The SMILES string of the molecule is CCCNC(=O)[C@@H](C)N(Cc1ccccc1)C(=O)CN(C)S(=O)(=O)c1ccc(C)cc1. The molecule has 0 spiro atoms. The van der Waals surface area contributed by atoms with E-state index in [1.54, 1.807) is 19.1 Å². The van der Waals surface area contributed by atoms with E-state index in [1.165, 1.54) is 24.1 Å². The van der Waals surface area contributed by atoms with Gasteiger partial charge in [-0.25, -0.2) is 8.42 Å². The summed E-state index contributed by atoms with van der Waals surface area (Å²) in [5, 5.41) is 2.80. The van der Waals surface area contributed by atoms with Gasteiger partial charge < -0.3 is 10.2 Å². The minimum absolute atomic E-state index is 0.122. The molecule has 0 unspecified atom stereocenters. The second-order valence-corrected chi connectivity index (χ2v) is 9.59. The van der Waals surface area contributed by atoms with Crippen LogP contribution in [0.3, 0.4) is 0 Å². The average molecular weight is 446 g/mol. The van der Waals surface area contributed by atoms with E-state index in [1.807, 2.05) is 44.2 Å². The number of carbonyl (C=O) groups excluding carboxylic acids is 2. The standard InChI is InChI=1S/C23H31N3O4S/c1-5-15-24-23(28)19(3)26(16-20-9-7-6-8-10-20)22(27)17-25(4)31(29,30)21-13-11-18(2)12-14-21/h6-14,19H,5,15-17H2,1-4H3,(H,24,28)/t19-/m1/s1. The molecule has 1 N–H and O–H groups in total. The molecule has 1 atom stereocenters. The maximum atomic E-state index is 13.1. The van der Waals surface area contributed by atoms with Crippen LogP contribution in [0.15, 0.2) is 59.5 Å². The molecule has 0 bridgehead atoms. The highest BCUT2D eigenvalue weighted by Crippen LogP contribution is 2.16. The average Bonchev–Trinajstić information content (AvgIpc) is 2.76. The molecular weight excluding hydrogens is 414 g/mol. The van der Waals surface area contributed by atoms with Crippen molar-refractivity contribution in [3.8, 4) is 0 Å². The molecule has 0 aromatic heterocycles. The quantitative estimate of drug-likeness (QED) is 0.609. The van der Waals surface area contributed by atoms with Crippen LogP contribution in [0.1, 0.15) is 31.4 Å². The van der Waals surface area contributed by atoms with Gasteiger partial charge in [-0.2, -0.15) is 4.31 Å². The number of hydrogen-bond acceptors (Lipinski definition) is 4. The second kappa shape index (κ2) is 11.1. The predicted octanol–water partition coefficient (Wildman–Crippen LogP) is 2.56. The lowest BCUT2D eigenvalue weighted by Crippen LogP contribution is -2.50. The summed E-state index contributed by atoms with van der Waals surface area (Å²) in [6, 6.07) is 15.0. The lowest BCUT2D eigenvalue weighted by molar-refractivity contribution is -0.140. The fraction of sp³-hybridized carbons (Fsp3) is 0.391. The number of likely N-dealkylation sites (N-methyl/N-ethyl adjacent to an activating group) is 1. The molecule has 168 valence electrons. The van der Waals surface area contributed by atoms with Crippen LogP contribution < -0.4 is 5.32 Å². The first kappa shape index (κ1) is 24.6. The highest BCUT2D eigenvalue weighted by Gasteiger charge is 2.30. The monoisotopic (exact) mass is 445 g/mol. The summed E-state index contributed by atoms with van der Waals surface area (Å²) in [4.78, 5) is 27.2. The number of carbonyl (C=O) groups is 2. The van der Waals surface area contributed by atoms with Crippen molar-refractivity contribution < 1.29 is 18.0 Å². The molecule has 7 nitrogen and oxygen atoms in total. The highest BCUT2D eigenvalue weighted by molar-refractivity contribution is 7.89. The van der Waals surface area contributed by atoms with Crippen LogP contribution in [0.25, 0.3) is 0 Å². The summed E-state index contributed by atoms with van der Waals surface area (Å²) in [5.41, 5.74) is 1.80. The number of nitrogens with one attached hydrogen (secondary N) is 1. The summed E-state index contributed by atoms with van der Waals surface area (Å²) < 4.78 is 26.8. The van der Waals surface area contributed by atoms with E-state index in [-0.39, 0.29) is 23.9 Å². The Bertz CT molecular complexity index is 976. The lowest BCUT2D eigenvalue weighted by atomic mass is 10.1. The Labute approximate surface area is 185 Å². The van der Waals surface area contributed by atoms with Crippen molar-refractivity contribution in [3.63, 3.8) is 0 Å². The molecule has 0 saturated heterocycles. The smallest absolute Gasteiger partial charge is 0.243 e. The van der Waals surface area contributed by atoms with Gasteiger partial charge in [0.2, 0.25) is 21.8 Å². The Morgan fingerprint density at radius 2 is 1.65 bits per heavy atom. The van der Waals surface area contributed by atoms with Crippen molar-refractivity contribution in [2.24, 2.45) is 0 Å². The number of rotatable bonds is 10. The van der Waals surface area contributed by atoms with Crippen LogP contribution in [0, 0.1) is 6.92 Å². The van der Waals surface area contributed by atoms with Gasteiger partial charge in [0.05, 0.1) is 11.4 Å². The Morgan fingerprint density at radius 1 is 1.03 bits per heavy atom. The topological polar surface area (TPSA) is 86.8 Å². The van der Waals surface area contributed by atoms with Gasteiger partial charge >= 0.3 is 0 Å². The van der Waals surface area contributed by atoms with Crippen molar-refractivity contribution in [2.75, 3.05) is 20.1 Å². The third-order valence-electron chi connectivity index (χ3n) is 5.00. The summed E-state index contributed by atoms with van der Waals surface area (Å²) >= 11 is 0. The summed E-state index contributed by atoms with van der Waals surface area (Å²) in [6.07, 6.45) is 0.780. The van der Waals surface area contributed by atoms with Crippen molar-refractivity contribution in [3.05, 3.63) is 65.7 Å². The van der Waals surface area contributed by atoms with Crippen molar-refractivity contribution >= 4 is 21.8 Å². The van der Waals surface area contributed by atoms with Crippen molar-refractivity contribution in [1.82, 2.24) is 14.5 Å². The minimum atomic E-state index is -3.83. The van der Waals surface area contributed by atoms with E-state index < -0.39 is 22.0 Å². The van der Waals surface area contributed by atoms with E-state index in [9.17, 15) is 18.0 Å². The molecule has 2 aromatic rings. The molecule has 31 heavy (non-hydrogen) atoms. The molecule has 0 fully saturated rings. The normalized spacial score (nSPS) is 12.4. The van der Waals surface area contributed by atoms with Crippen LogP contribution in [-0.2, 0) is 26.2 Å². The largest absolute Gasteiger partial charge is 0.354 e. The molecule has 0 heterocycles. The third kappa shape index (κ3) is 6.63. The number of sulfonamides is 1. The molecular formula is C23H31N3O4S. The van der Waals surface area contributed by atoms with E-state index in [2.05, 4.69) is 5.32 Å². The van der Waals surface area contributed by atoms with E-state index in [0.717, 1.165) is 21.9 Å². The van der Waals surface area contributed by atoms with Crippen molar-refractivity contribution in [1.29, 1.82) is 0 Å². The lowest BCUT2D eigenvalue weighted by Gasteiger charge is -2.30. The van der Waals surface area contributed by atoms with Gasteiger partial charge in [-0.15, -0.1) is 0 Å². The summed E-state index contributed by atoms with van der Waals surface area (Å²) in [5.74, 6) is -0.712. The zero-order chi connectivity index (χ0) is 23.0. The fourth-order valence-corrected chi connectivity index (χ4v) is 4.14. The molecule has 2 rings (SSSR count). The predicted molar refractivity (Wildman–Crippen MR) is 121 cm³/mol. The zero-order valence-electron chi connectivity index (χ0n) is 18.5. The summed E-state index contributed by atoms with van der Waals surface area (Å²) in [7, 11) is -2.46. The molecule has 0 aliphatic rings. The number of nitrogens with zero attached hydrogens (tertiary/aromatic N) is 2. The number of hydrogen-bond donors (Lipinski definition) is 1. The van der Waals surface area contributed by atoms with Gasteiger partial charge in [0.25, 0.3) is 0 Å². The van der Waals surface area contributed by atoms with E-state index in [0.29, 0.717) is 6.54 Å². The van der Waals surface area contributed by atoms with Gasteiger partial charge in [-0.3, -0.25) is 9.59 Å². The van der Waals surface area contributed by atoms with Crippen LogP contribution in [0.4, 0.5) is 0 Å². The van der Waals surface area contributed by atoms with Crippen LogP contribution in [0.2, 0.25) is 0 Å². The molecule has 0 radical (unpaired) electrons.